The smallest absolute Gasteiger partial charge is 0.125 e. The molecule has 2 N–H and O–H groups in total. The summed E-state index contributed by atoms with van der Waals surface area (Å²) in [6.45, 7) is 7.34. The Morgan fingerprint density at radius 1 is 1.33 bits per heavy atom. The molecule has 1 aromatic rings. The molecule has 0 aromatic heterocycles. The molecule has 2 rings (SSSR count). The van der Waals surface area contributed by atoms with Crippen molar-refractivity contribution in [3.8, 4) is 5.75 Å². The molecule has 1 fully saturated rings. The van der Waals surface area contributed by atoms with Crippen molar-refractivity contribution in [2.45, 2.75) is 51.4 Å². The molecule has 2 heteroatoms. The van der Waals surface area contributed by atoms with Crippen molar-refractivity contribution < 1.29 is 4.74 Å². The number of ether oxygens (including phenoxy) is 1. The highest BCUT2D eigenvalue weighted by Crippen LogP contribution is 2.50. The highest BCUT2D eigenvalue weighted by molar-refractivity contribution is 5.52. The maximum atomic E-state index is 6.09. The number of benzene rings is 1. The fourth-order valence-electron chi connectivity index (χ4n) is 3.15. The van der Waals surface area contributed by atoms with E-state index in [4.69, 9.17) is 10.5 Å². The zero-order valence-electron chi connectivity index (χ0n) is 12.0. The van der Waals surface area contributed by atoms with Crippen molar-refractivity contribution >= 4 is 0 Å². The Kier molecular flexibility index (Phi) is 3.67. The Bertz CT molecular complexity index is 427. The average Bonchev–Trinajstić information content (AvgIpc) is 2.28. The van der Waals surface area contributed by atoms with Gasteiger partial charge in [0.2, 0.25) is 0 Å². The van der Waals surface area contributed by atoms with E-state index in [0.717, 1.165) is 12.3 Å². The van der Waals surface area contributed by atoms with E-state index >= 15 is 0 Å². The van der Waals surface area contributed by atoms with Gasteiger partial charge in [0.1, 0.15) is 5.75 Å². The molecule has 0 amide bonds. The largest absolute Gasteiger partial charge is 0.496 e. The first-order chi connectivity index (χ1) is 8.55. The highest BCUT2D eigenvalue weighted by atomic mass is 16.5. The van der Waals surface area contributed by atoms with Crippen LogP contribution >= 0.6 is 0 Å². The van der Waals surface area contributed by atoms with E-state index in [1.54, 1.807) is 7.11 Å². The van der Waals surface area contributed by atoms with Crippen LogP contribution in [0.15, 0.2) is 12.1 Å². The van der Waals surface area contributed by atoms with Gasteiger partial charge >= 0.3 is 0 Å². The summed E-state index contributed by atoms with van der Waals surface area (Å²) in [6, 6.07) is 4.42. The molecule has 1 aliphatic carbocycles. The summed E-state index contributed by atoms with van der Waals surface area (Å²) in [5.74, 6) is 1.57. The summed E-state index contributed by atoms with van der Waals surface area (Å²) in [5, 5.41) is 0. The second-order valence-electron chi connectivity index (χ2n) is 5.87. The Balaban J connectivity index is 2.64. The van der Waals surface area contributed by atoms with Crippen molar-refractivity contribution in [2.75, 3.05) is 13.7 Å². The van der Waals surface area contributed by atoms with Gasteiger partial charge in [-0.25, -0.2) is 0 Å². The Labute approximate surface area is 111 Å². The van der Waals surface area contributed by atoms with Gasteiger partial charge in [-0.3, -0.25) is 0 Å². The lowest BCUT2D eigenvalue weighted by Crippen LogP contribution is -2.42. The first-order valence-corrected chi connectivity index (χ1v) is 6.94. The molecule has 0 spiro atoms. The molecular formula is C16H25NO. The van der Waals surface area contributed by atoms with Crippen molar-refractivity contribution in [3.63, 3.8) is 0 Å². The van der Waals surface area contributed by atoms with Gasteiger partial charge in [-0.15, -0.1) is 0 Å². The molecule has 100 valence electrons. The predicted molar refractivity (Wildman–Crippen MR) is 76.4 cm³/mol. The van der Waals surface area contributed by atoms with Gasteiger partial charge in [0, 0.05) is 17.5 Å². The minimum absolute atomic E-state index is 0.164. The second kappa shape index (κ2) is 4.93. The number of rotatable bonds is 4. The van der Waals surface area contributed by atoms with Crippen molar-refractivity contribution in [1.82, 2.24) is 0 Å². The van der Waals surface area contributed by atoms with Crippen LogP contribution in [0.4, 0.5) is 0 Å². The summed E-state index contributed by atoms with van der Waals surface area (Å²) in [5.41, 5.74) is 10.3. The monoisotopic (exact) mass is 247 g/mol. The quantitative estimate of drug-likeness (QED) is 0.883. The first kappa shape index (κ1) is 13.4. The molecule has 1 aromatic carbocycles. The molecule has 1 aliphatic rings. The molecule has 0 saturated heterocycles. The Hall–Kier alpha value is -1.02. The van der Waals surface area contributed by atoms with E-state index in [-0.39, 0.29) is 5.41 Å². The maximum absolute atomic E-state index is 6.09. The SMILES string of the molecule is COc1c(C)ccc(C(C)C)c1C1(CN)CCC1. The van der Waals surface area contributed by atoms with Crippen molar-refractivity contribution in [1.29, 1.82) is 0 Å². The molecule has 0 atom stereocenters. The van der Waals surface area contributed by atoms with Crippen LogP contribution < -0.4 is 10.5 Å². The normalized spacial score (nSPS) is 17.7. The molecule has 0 unspecified atom stereocenters. The van der Waals surface area contributed by atoms with Gasteiger partial charge < -0.3 is 10.5 Å². The van der Waals surface area contributed by atoms with Gasteiger partial charge in [-0.05, 0) is 36.8 Å². The number of aryl methyl sites for hydroxylation is 1. The Morgan fingerprint density at radius 2 is 2.00 bits per heavy atom. The number of hydrogen-bond donors (Lipinski definition) is 1. The molecule has 2 nitrogen and oxygen atoms in total. The fourth-order valence-corrected chi connectivity index (χ4v) is 3.15. The van der Waals surface area contributed by atoms with Gasteiger partial charge in [0.25, 0.3) is 0 Å². The lowest BCUT2D eigenvalue weighted by Gasteiger charge is -2.44. The van der Waals surface area contributed by atoms with E-state index < -0.39 is 0 Å². The molecule has 0 aliphatic heterocycles. The van der Waals surface area contributed by atoms with E-state index in [0.29, 0.717) is 5.92 Å². The average molecular weight is 247 g/mol. The molecule has 1 saturated carbocycles. The lowest BCUT2D eigenvalue weighted by atomic mass is 9.62. The van der Waals surface area contributed by atoms with Crippen LogP contribution in [0.5, 0.6) is 5.75 Å². The van der Waals surface area contributed by atoms with Crippen LogP contribution in [0.1, 0.15) is 55.7 Å². The van der Waals surface area contributed by atoms with Crippen LogP contribution in [0, 0.1) is 6.92 Å². The third kappa shape index (κ3) is 1.93. The topological polar surface area (TPSA) is 35.2 Å². The van der Waals surface area contributed by atoms with E-state index in [1.165, 1.54) is 36.0 Å². The second-order valence-corrected chi connectivity index (χ2v) is 5.87. The summed E-state index contributed by atoms with van der Waals surface area (Å²) in [6.07, 6.45) is 3.68. The van der Waals surface area contributed by atoms with Gasteiger partial charge in [0.15, 0.2) is 0 Å². The fraction of sp³-hybridized carbons (Fsp3) is 0.625. The third-order valence-corrected chi connectivity index (χ3v) is 4.44. The summed E-state index contributed by atoms with van der Waals surface area (Å²) in [4.78, 5) is 0. The molecule has 0 radical (unpaired) electrons. The van der Waals surface area contributed by atoms with E-state index in [9.17, 15) is 0 Å². The van der Waals surface area contributed by atoms with Gasteiger partial charge in [-0.1, -0.05) is 32.4 Å². The van der Waals surface area contributed by atoms with Crippen LogP contribution in [0.25, 0.3) is 0 Å². The number of hydrogen-bond acceptors (Lipinski definition) is 2. The molecule has 0 heterocycles. The zero-order valence-corrected chi connectivity index (χ0v) is 12.0. The van der Waals surface area contributed by atoms with Crippen molar-refractivity contribution in [2.24, 2.45) is 5.73 Å². The number of methoxy groups -OCH3 is 1. The summed E-state index contributed by atoms with van der Waals surface area (Å²) >= 11 is 0. The minimum atomic E-state index is 0.164. The van der Waals surface area contributed by atoms with Crippen LogP contribution in [0.3, 0.4) is 0 Å². The summed E-state index contributed by atoms with van der Waals surface area (Å²) in [7, 11) is 1.78. The molecule has 18 heavy (non-hydrogen) atoms. The highest BCUT2D eigenvalue weighted by Gasteiger charge is 2.41. The Morgan fingerprint density at radius 3 is 2.39 bits per heavy atom. The van der Waals surface area contributed by atoms with Gasteiger partial charge in [-0.2, -0.15) is 0 Å². The standard InChI is InChI=1S/C16H25NO/c1-11(2)13-7-6-12(3)15(18-4)14(13)16(10-17)8-5-9-16/h6-7,11H,5,8-10,17H2,1-4H3. The maximum Gasteiger partial charge on any atom is 0.125 e. The lowest BCUT2D eigenvalue weighted by molar-refractivity contribution is 0.240. The molecular weight excluding hydrogens is 222 g/mol. The zero-order chi connectivity index (χ0) is 13.3. The van der Waals surface area contributed by atoms with Crippen molar-refractivity contribution in [3.05, 3.63) is 28.8 Å². The predicted octanol–water partition coefficient (Wildman–Crippen LogP) is 3.51. The first-order valence-electron chi connectivity index (χ1n) is 6.94. The van der Waals surface area contributed by atoms with Crippen LogP contribution in [0.2, 0.25) is 0 Å². The van der Waals surface area contributed by atoms with Crippen LogP contribution in [-0.2, 0) is 5.41 Å². The van der Waals surface area contributed by atoms with Gasteiger partial charge in [0.05, 0.1) is 7.11 Å². The summed E-state index contributed by atoms with van der Waals surface area (Å²) < 4.78 is 5.70. The third-order valence-electron chi connectivity index (χ3n) is 4.44. The number of nitrogens with two attached hydrogens (primary N) is 1. The van der Waals surface area contributed by atoms with E-state index in [1.807, 2.05) is 0 Å². The van der Waals surface area contributed by atoms with E-state index in [2.05, 4.69) is 32.9 Å². The minimum Gasteiger partial charge on any atom is -0.496 e. The van der Waals surface area contributed by atoms with Crippen LogP contribution in [-0.4, -0.2) is 13.7 Å². The molecule has 0 bridgehead atoms.